The van der Waals surface area contributed by atoms with Gasteiger partial charge in [-0.2, -0.15) is 0 Å². The van der Waals surface area contributed by atoms with Crippen LogP contribution in [0.25, 0.3) is 11.0 Å². The quantitative estimate of drug-likeness (QED) is 0.622. The Balaban J connectivity index is 2.21. The summed E-state index contributed by atoms with van der Waals surface area (Å²) in [6.07, 6.45) is 1.85. The van der Waals surface area contributed by atoms with E-state index >= 15 is 0 Å². The van der Waals surface area contributed by atoms with E-state index in [2.05, 4.69) is 9.79 Å². The maximum Gasteiger partial charge on any atom is 0.271 e. The van der Waals surface area contributed by atoms with Crippen molar-refractivity contribution in [2.75, 3.05) is 13.2 Å². The van der Waals surface area contributed by atoms with Crippen LogP contribution in [-0.4, -0.2) is 18.4 Å². The Morgan fingerprint density at radius 1 is 1.19 bits per heavy atom. The number of nitrogens with zero attached hydrogens (tertiary/aromatic N) is 2. The summed E-state index contributed by atoms with van der Waals surface area (Å²) in [7, 11) is 0. The highest BCUT2D eigenvalue weighted by atomic mass is 16.8. The number of benzene rings is 1. The molecule has 0 aliphatic carbocycles. The predicted molar refractivity (Wildman–Crippen MR) is 53.2 cm³/mol. The van der Waals surface area contributed by atoms with Crippen LogP contribution in [0.15, 0.2) is 16.8 Å². The van der Waals surface area contributed by atoms with Gasteiger partial charge in [0.25, 0.3) is 11.0 Å². The zero-order valence-electron chi connectivity index (χ0n) is 8.51. The first kappa shape index (κ1) is 9.26. The van der Waals surface area contributed by atoms with Crippen LogP contribution in [0.5, 0.6) is 11.5 Å². The lowest BCUT2D eigenvalue weighted by atomic mass is 10.2. The lowest BCUT2D eigenvalue weighted by Crippen LogP contribution is -2.24. The molecule has 84 valence electrons. The number of ether oxygens (including phenoxy) is 2. The number of rotatable bonds is 0. The average molecular weight is 222 g/mol. The highest BCUT2D eigenvalue weighted by Crippen LogP contribution is 2.34. The number of hydrogen-bond donors (Lipinski definition) is 0. The molecule has 0 amide bonds. The Hall–Kier alpha value is -1.98. The van der Waals surface area contributed by atoms with Crippen molar-refractivity contribution in [1.29, 1.82) is 0 Å². The fourth-order valence-electron chi connectivity index (χ4n) is 1.73. The number of aromatic nitrogens is 2. The topological polar surface area (TPSA) is 71.4 Å². The number of fused-ring (bicyclic) bond motifs is 3. The van der Waals surface area contributed by atoms with Crippen molar-refractivity contribution in [3.8, 4) is 11.5 Å². The van der Waals surface area contributed by atoms with Crippen LogP contribution in [0.3, 0.4) is 0 Å². The van der Waals surface area contributed by atoms with Crippen LogP contribution in [0, 0.1) is 5.21 Å². The molecule has 3 rings (SSSR count). The molecule has 0 saturated heterocycles. The molecule has 0 N–H and O–H groups in total. The third kappa shape index (κ3) is 1.34. The molecule has 1 aliphatic heterocycles. The first-order valence-corrected chi connectivity index (χ1v) is 5.14. The van der Waals surface area contributed by atoms with E-state index in [4.69, 9.17) is 9.47 Å². The van der Waals surface area contributed by atoms with E-state index in [0.717, 1.165) is 12.8 Å². The summed E-state index contributed by atoms with van der Waals surface area (Å²) in [5.74, 6) is 0.994. The van der Waals surface area contributed by atoms with Gasteiger partial charge in [-0.25, -0.2) is 0 Å². The van der Waals surface area contributed by atoms with Gasteiger partial charge in [-0.1, -0.05) is 0 Å². The molecule has 16 heavy (non-hydrogen) atoms. The molecule has 0 radical (unpaired) electrons. The van der Waals surface area contributed by atoms with Gasteiger partial charge in [-0.15, -0.1) is 0 Å². The van der Waals surface area contributed by atoms with E-state index in [1.54, 1.807) is 12.1 Å². The lowest BCUT2D eigenvalue weighted by molar-refractivity contribution is -0.782. The first-order valence-electron chi connectivity index (χ1n) is 5.14. The van der Waals surface area contributed by atoms with Gasteiger partial charge < -0.3 is 14.7 Å². The maximum absolute atomic E-state index is 11.4. The van der Waals surface area contributed by atoms with Crippen LogP contribution in [0.2, 0.25) is 0 Å². The molecule has 6 nitrogen and oxygen atoms in total. The van der Waals surface area contributed by atoms with Crippen molar-refractivity contribution in [2.24, 2.45) is 0 Å². The summed E-state index contributed by atoms with van der Waals surface area (Å²) >= 11 is 0. The Labute approximate surface area is 90.9 Å². The highest BCUT2D eigenvalue weighted by Gasteiger charge is 2.21. The average Bonchev–Trinajstić information content (AvgIpc) is 2.61. The van der Waals surface area contributed by atoms with Gasteiger partial charge in [0.15, 0.2) is 5.75 Å². The molecule has 1 aromatic carbocycles. The van der Waals surface area contributed by atoms with Crippen LogP contribution in [-0.2, 0) is 0 Å². The van der Waals surface area contributed by atoms with Gasteiger partial charge in [0, 0.05) is 11.2 Å². The largest absolute Gasteiger partial charge is 0.490 e. The van der Waals surface area contributed by atoms with E-state index < -0.39 is 0 Å². The smallest absolute Gasteiger partial charge is 0.271 e. The fraction of sp³-hybridized carbons (Fsp3) is 0.400. The fourth-order valence-corrected chi connectivity index (χ4v) is 1.73. The zero-order chi connectivity index (χ0) is 11.0. The molecule has 0 saturated carbocycles. The first-order chi connectivity index (χ1) is 7.86. The molecule has 0 spiro atoms. The second kappa shape index (κ2) is 3.55. The summed E-state index contributed by atoms with van der Waals surface area (Å²) in [5, 5.41) is 15.0. The van der Waals surface area contributed by atoms with Crippen molar-refractivity contribution in [3.05, 3.63) is 17.3 Å². The second-order valence-corrected chi connectivity index (χ2v) is 3.59. The molecule has 0 atom stereocenters. The van der Waals surface area contributed by atoms with Gasteiger partial charge in [-0.05, 0) is 23.8 Å². The number of hydrogen-bond acceptors (Lipinski definition) is 5. The van der Waals surface area contributed by atoms with Gasteiger partial charge in [0.1, 0.15) is 0 Å². The lowest BCUT2D eigenvalue weighted by Gasteiger charge is -2.15. The molecule has 0 unspecified atom stereocenters. The standard InChI is InChI=1S/C10H10N2O4/c13-12-9-7(11-16-12)3-4-8-10(9)15-6-2-1-5-14-8/h3-4H,1-2,5-6H2. The molecule has 1 aromatic heterocycles. The van der Waals surface area contributed by atoms with Gasteiger partial charge >= 0.3 is 0 Å². The van der Waals surface area contributed by atoms with Crippen molar-refractivity contribution in [1.82, 2.24) is 5.16 Å². The van der Waals surface area contributed by atoms with Gasteiger partial charge in [0.05, 0.1) is 13.2 Å². The molecule has 6 heteroatoms. The zero-order valence-corrected chi connectivity index (χ0v) is 8.51. The molecule has 0 fully saturated rings. The summed E-state index contributed by atoms with van der Waals surface area (Å²) in [4.78, 5) is 0.346. The predicted octanol–water partition coefficient (Wildman–Crippen LogP) is 1.01. The van der Waals surface area contributed by atoms with Crippen LogP contribution in [0.4, 0.5) is 0 Å². The highest BCUT2D eigenvalue weighted by molar-refractivity contribution is 5.80. The minimum Gasteiger partial charge on any atom is -0.490 e. The van der Waals surface area contributed by atoms with Crippen LogP contribution in [0.1, 0.15) is 12.8 Å². The SMILES string of the molecule is [O-][n+]1onc2ccc3c(c21)OCCCCO3. The van der Waals surface area contributed by atoms with E-state index in [0.29, 0.717) is 40.6 Å². The Morgan fingerprint density at radius 2 is 2.00 bits per heavy atom. The van der Waals surface area contributed by atoms with Gasteiger partial charge in [0.2, 0.25) is 5.75 Å². The van der Waals surface area contributed by atoms with Crippen molar-refractivity contribution in [3.63, 3.8) is 0 Å². The second-order valence-electron chi connectivity index (χ2n) is 3.59. The monoisotopic (exact) mass is 222 g/mol. The maximum atomic E-state index is 11.4. The molecule has 2 heterocycles. The Morgan fingerprint density at radius 3 is 2.88 bits per heavy atom. The summed E-state index contributed by atoms with van der Waals surface area (Å²) in [5.41, 5.74) is 0.761. The van der Waals surface area contributed by atoms with Gasteiger partial charge in [-0.3, -0.25) is 4.63 Å². The van der Waals surface area contributed by atoms with Crippen molar-refractivity contribution < 1.29 is 19.0 Å². The van der Waals surface area contributed by atoms with Crippen LogP contribution < -0.4 is 14.4 Å². The van der Waals surface area contributed by atoms with E-state index in [-0.39, 0.29) is 0 Å². The van der Waals surface area contributed by atoms with Crippen LogP contribution >= 0.6 is 0 Å². The summed E-state index contributed by atoms with van der Waals surface area (Å²) in [6.45, 7) is 1.20. The Kier molecular flexibility index (Phi) is 2.05. The third-order valence-corrected chi connectivity index (χ3v) is 2.51. The minimum atomic E-state index is 0.291. The summed E-state index contributed by atoms with van der Waals surface area (Å²) < 4.78 is 15.6. The summed E-state index contributed by atoms with van der Waals surface area (Å²) in [6, 6.07) is 3.42. The third-order valence-electron chi connectivity index (χ3n) is 2.51. The van der Waals surface area contributed by atoms with E-state index in [9.17, 15) is 5.21 Å². The van der Waals surface area contributed by atoms with E-state index in [1.165, 1.54) is 0 Å². The van der Waals surface area contributed by atoms with Crippen molar-refractivity contribution >= 4 is 11.0 Å². The molecule has 0 bridgehead atoms. The normalized spacial score (nSPS) is 15.8. The molecule has 2 aromatic rings. The molecule has 1 aliphatic rings. The Bertz CT molecular complexity index is 523. The molecular weight excluding hydrogens is 212 g/mol. The van der Waals surface area contributed by atoms with Crippen molar-refractivity contribution in [2.45, 2.75) is 12.8 Å². The molecular formula is C10H10N2O4. The van der Waals surface area contributed by atoms with E-state index in [1.807, 2.05) is 0 Å². The minimum absolute atomic E-state index is 0.291.